The van der Waals surface area contributed by atoms with Crippen molar-refractivity contribution in [2.45, 2.75) is 32.3 Å². The van der Waals surface area contributed by atoms with Crippen LogP contribution in [0.2, 0.25) is 0 Å². The molecule has 1 aliphatic heterocycles. The molecule has 1 aliphatic rings. The number of H-pyrrole nitrogens is 1. The second-order valence-corrected chi connectivity index (χ2v) is 4.15. The Bertz CT molecular complexity index is 316. The predicted octanol–water partition coefficient (Wildman–Crippen LogP) is 1.33. The molecule has 2 heterocycles. The van der Waals surface area contributed by atoms with E-state index in [1.165, 1.54) is 12.8 Å². The Morgan fingerprint density at radius 1 is 1.40 bits per heavy atom. The van der Waals surface area contributed by atoms with Gasteiger partial charge in [-0.15, -0.1) is 0 Å². The number of hydrogen-bond donors (Lipinski definition) is 2. The third kappa shape index (κ3) is 2.38. The van der Waals surface area contributed by atoms with Crippen molar-refractivity contribution in [1.82, 2.24) is 15.3 Å². The number of rotatable bonds is 3. The van der Waals surface area contributed by atoms with Crippen molar-refractivity contribution < 1.29 is 4.74 Å². The molecule has 4 heteroatoms. The van der Waals surface area contributed by atoms with E-state index in [0.29, 0.717) is 12.5 Å². The first-order chi connectivity index (χ1) is 7.31. The van der Waals surface area contributed by atoms with Crippen LogP contribution in [0.1, 0.15) is 36.0 Å². The number of piperidine rings is 1. The zero-order chi connectivity index (χ0) is 10.7. The van der Waals surface area contributed by atoms with Gasteiger partial charge in [0.2, 0.25) is 0 Å². The maximum atomic E-state index is 5.11. The van der Waals surface area contributed by atoms with E-state index in [0.717, 1.165) is 30.3 Å². The lowest BCUT2D eigenvalue weighted by Crippen LogP contribution is -2.27. The van der Waals surface area contributed by atoms with Crippen LogP contribution in [-0.4, -0.2) is 30.2 Å². The van der Waals surface area contributed by atoms with Crippen LogP contribution < -0.4 is 5.32 Å². The molecule has 0 saturated carbocycles. The molecule has 1 aromatic rings. The van der Waals surface area contributed by atoms with Crippen molar-refractivity contribution in [3.05, 3.63) is 17.2 Å². The number of imidazole rings is 1. The summed E-state index contributed by atoms with van der Waals surface area (Å²) in [5.74, 6) is 1.73. The molecule has 0 radical (unpaired) electrons. The average molecular weight is 209 g/mol. The molecular formula is C11H19N3O. The highest BCUT2D eigenvalue weighted by molar-refractivity contribution is 5.15. The number of aryl methyl sites for hydroxylation is 1. The van der Waals surface area contributed by atoms with Gasteiger partial charge < -0.3 is 15.0 Å². The summed E-state index contributed by atoms with van der Waals surface area (Å²) in [6, 6.07) is 0. The summed E-state index contributed by atoms with van der Waals surface area (Å²) in [6.45, 7) is 4.87. The van der Waals surface area contributed by atoms with Crippen LogP contribution in [0.5, 0.6) is 0 Å². The number of nitrogens with one attached hydrogen (secondary N) is 2. The Balaban J connectivity index is 2.10. The van der Waals surface area contributed by atoms with Gasteiger partial charge in [-0.25, -0.2) is 4.98 Å². The highest BCUT2D eigenvalue weighted by Crippen LogP contribution is 2.23. The minimum Gasteiger partial charge on any atom is -0.378 e. The molecule has 0 bridgehead atoms. The molecule has 1 fully saturated rings. The quantitative estimate of drug-likeness (QED) is 0.789. The maximum Gasteiger partial charge on any atom is 0.109 e. The molecule has 2 rings (SSSR count). The normalized spacial score (nSPS) is 18.3. The van der Waals surface area contributed by atoms with Crippen LogP contribution in [0, 0.1) is 6.92 Å². The summed E-state index contributed by atoms with van der Waals surface area (Å²) in [4.78, 5) is 8.00. The molecule has 0 spiro atoms. The van der Waals surface area contributed by atoms with Gasteiger partial charge in [-0.05, 0) is 32.9 Å². The van der Waals surface area contributed by atoms with Crippen LogP contribution >= 0.6 is 0 Å². The van der Waals surface area contributed by atoms with Gasteiger partial charge in [0.1, 0.15) is 5.82 Å². The van der Waals surface area contributed by atoms with Gasteiger partial charge in [0.15, 0.2) is 0 Å². The number of methoxy groups -OCH3 is 1. The minimum atomic E-state index is 0.593. The minimum absolute atomic E-state index is 0.593. The Labute approximate surface area is 90.4 Å². The first kappa shape index (κ1) is 10.6. The number of hydrogen-bond acceptors (Lipinski definition) is 3. The van der Waals surface area contributed by atoms with E-state index >= 15 is 0 Å². The van der Waals surface area contributed by atoms with Crippen molar-refractivity contribution in [1.29, 1.82) is 0 Å². The van der Waals surface area contributed by atoms with Crippen LogP contribution in [0.25, 0.3) is 0 Å². The lowest BCUT2D eigenvalue weighted by Gasteiger charge is -2.20. The van der Waals surface area contributed by atoms with Gasteiger partial charge in [0.25, 0.3) is 0 Å². The molecule has 0 amide bonds. The summed E-state index contributed by atoms with van der Waals surface area (Å²) in [5.41, 5.74) is 2.19. The van der Waals surface area contributed by atoms with E-state index in [2.05, 4.69) is 22.2 Å². The van der Waals surface area contributed by atoms with Gasteiger partial charge in [-0.2, -0.15) is 0 Å². The van der Waals surface area contributed by atoms with E-state index in [4.69, 9.17) is 4.74 Å². The summed E-state index contributed by atoms with van der Waals surface area (Å²) in [6.07, 6.45) is 2.36. The molecule has 0 aromatic carbocycles. The largest absolute Gasteiger partial charge is 0.378 e. The fraction of sp³-hybridized carbons (Fsp3) is 0.727. The van der Waals surface area contributed by atoms with E-state index < -0.39 is 0 Å². The first-order valence-electron chi connectivity index (χ1n) is 5.56. The maximum absolute atomic E-state index is 5.11. The van der Waals surface area contributed by atoms with Crippen LogP contribution in [0.3, 0.4) is 0 Å². The molecule has 0 atom stereocenters. The molecule has 0 aliphatic carbocycles. The number of ether oxygens (including phenoxy) is 1. The Kier molecular flexibility index (Phi) is 3.38. The molecule has 1 aromatic heterocycles. The van der Waals surface area contributed by atoms with Gasteiger partial charge >= 0.3 is 0 Å². The van der Waals surface area contributed by atoms with E-state index in [1.54, 1.807) is 7.11 Å². The van der Waals surface area contributed by atoms with E-state index in [9.17, 15) is 0 Å². The van der Waals surface area contributed by atoms with Crippen molar-refractivity contribution >= 4 is 0 Å². The second kappa shape index (κ2) is 4.77. The zero-order valence-corrected chi connectivity index (χ0v) is 9.47. The van der Waals surface area contributed by atoms with Crippen LogP contribution in [0.15, 0.2) is 0 Å². The van der Waals surface area contributed by atoms with Crippen molar-refractivity contribution in [3.63, 3.8) is 0 Å². The highest BCUT2D eigenvalue weighted by atomic mass is 16.5. The number of nitrogens with zero attached hydrogens (tertiary/aromatic N) is 1. The third-order valence-corrected chi connectivity index (χ3v) is 3.01. The van der Waals surface area contributed by atoms with Gasteiger partial charge in [0.05, 0.1) is 12.3 Å². The lowest BCUT2D eigenvalue weighted by atomic mass is 9.98. The van der Waals surface area contributed by atoms with Gasteiger partial charge in [-0.3, -0.25) is 0 Å². The lowest BCUT2D eigenvalue weighted by molar-refractivity contribution is 0.181. The number of aromatic amines is 1. The Morgan fingerprint density at radius 3 is 2.80 bits per heavy atom. The average Bonchev–Trinajstić information content (AvgIpc) is 2.63. The SMILES string of the molecule is COCc1nc(C2CCNCC2)[nH]c1C. The smallest absolute Gasteiger partial charge is 0.109 e. The van der Waals surface area contributed by atoms with Crippen LogP contribution in [0.4, 0.5) is 0 Å². The first-order valence-corrected chi connectivity index (χ1v) is 5.56. The summed E-state index contributed by atoms with van der Waals surface area (Å²) in [7, 11) is 1.71. The molecule has 1 saturated heterocycles. The fourth-order valence-electron chi connectivity index (χ4n) is 2.09. The molecule has 0 unspecified atom stereocenters. The van der Waals surface area contributed by atoms with Crippen molar-refractivity contribution in [2.75, 3.05) is 20.2 Å². The van der Waals surface area contributed by atoms with Crippen molar-refractivity contribution in [3.8, 4) is 0 Å². The van der Waals surface area contributed by atoms with E-state index in [-0.39, 0.29) is 0 Å². The summed E-state index contributed by atoms with van der Waals surface area (Å²) in [5, 5.41) is 3.36. The Morgan fingerprint density at radius 2 is 2.13 bits per heavy atom. The monoisotopic (exact) mass is 209 g/mol. The van der Waals surface area contributed by atoms with Crippen LogP contribution in [-0.2, 0) is 11.3 Å². The summed E-state index contributed by atoms with van der Waals surface area (Å²) >= 11 is 0. The zero-order valence-electron chi connectivity index (χ0n) is 9.47. The van der Waals surface area contributed by atoms with Gasteiger partial charge in [0, 0.05) is 18.7 Å². The van der Waals surface area contributed by atoms with Gasteiger partial charge in [-0.1, -0.05) is 0 Å². The fourth-order valence-corrected chi connectivity index (χ4v) is 2.09. The summed E-state index contributed by atoms with van der Waals surface area (Å²) < 4.78 is 5.11. The Hall–Kier alpha value is -0.870. The van der Waals surface area contributed by atoms with E-state index in [1.807, 2.05) is 0 Å². The topological polar surface area (TPSA) is 49.9 Å². The number of aromatic nitrogens is 2. The highest BCUT2D eigenvalue weighted by Gasteiger charge is 2.19. The predicted molar refractivity (Wildman–Crippen MR) is 58.9 cm³/mol. The third-order valence-electron chi connectivity index (χ3n) is 3.01. The molecule has 2 N–H and O–H groups in total. The molecular weight excluding hydrogens is 190 g/mol. The standard InChI is InChI=1S/C11H19N3O/c1-8-10(7-15-2)14-11(13-8)9-3-5-12-6-4-9/h9,12H,3-7H2,1-2H3,(H,13,14). The molecule has 15 heavy (non-hydrogen) atoms. The molecule has 4 nitrogen and oxygen atoms in total. The molecule has 84 valence electrons. The second-order valence-electron chi connectivity index (χ2n) is 4.15. The van der Waals surface area contributed by atoms with Crippen molar-refractivity contribution in [2.24, 2.45) is 0 Å².